The van der Waals surface area contributed by atoms with Gasteiger partial charge >= 0.3 is 0 Å². The van der Waals surface area contributed by atoms with Gasteiger partial charge in [0.2, 0.25) is 0 Å². The summed E-state index contributed by atoms with van der Waals surface area (Å²) >= 11 is 0. The van der Waals surface area contributed by atoms with Gasteiger partial charge in [0.15, 0.2) is 0 Å². The van der Waals surface area contributed by atoms with Crippen LogP contribution in [0.1, 0.15) is 17.3 Å². The Morgan fingerprint density at radius 1 is 1.40 bits per heavy atom. The lowest BCUT2D eigenvalue weighted by atomic mass is 10.1. The van der Waals surface area contributed by atoms with Crippen LogP contribution >= 0.6 is 0 Å². The molecule has 5 heteroatoms. The third-order valence-electron chi connectivity index (χ3n) is 2.33. The number of aryl methyl sites for hydroxylation is 1. The van der Waals surface area contributed by atoms with Crippen molar-refractivity contribution in [3.63, 3.8) is 0 Å². The van der Waals surface area contributed by atoms with Crippen molar-refractivity contribution < 1.29 is 0 Å². The van der Waals surface area contributed by atoms with Gasteiger partial charge in [-0.3, -0.25) is 9.67 Å². The summed E-state index contributed by atoms with van der Waals surface area (Å²) < 4.78 is 1.70. The van der Waals surface area contributed by atoms with Crippen molar-refractivity contribution >= 4 is 0 Å². The molecule has 0 aliphatic rings. The van der Waals surface area contributed by atoms with Crippen molar-refractivity contribution in [2.75, 3.05) is 0 Å². The second-order valence-electron chi connectivity index (χ2n) is 3.45. The van der Waals surface area contributed by atoms with E-state index in [-0.39, 0.29) is 6.04 Å². The van der Waals surface area contributed by atoms with Crippen LogP contribution in [0.25, 0.3) is 0 Å². The van der Waals surface area contributed by atoms with Gasteiger partial charge in [-0.25, -0.2) is 0 Å². The Kier molecular flexibility index (Phi) is 2.73. The highest BCUT2D eigenvalue weighted by atomic mass is 15.4. The molecule has 1 atom stereocenters. The van der Waals surface area contributed by atoms with Crippen LogP contribution in [0.2, 0.25) is 0 Å². The third-order valence-corrected chi connectivity index (χ3v) is 2.33. The Balaban J connectivity index is 2.11. The summed E-state index contributed by atoms with van der Waals surface area (Å²) in [5.74, 6) is 0. The topological polar surface area (TPSA) is 69.6 Å². The standard InChI is InChI=1S/C10H13N5/c1-15-10(7-13-14-15)9(11)6-8-2-4-12-5-3-8/h2-5,7,9H,6,11H2,1H3. The summed E-state index contributed by atoms with van der Waals surface area (Å²) in [6.07, 6.45) is 6.00. The SMILES string of the molecule is Cn1nncc1C(N)Cc1ccncc1. The van der Waals surface area contributed by atoms with Gasteiger partial charge in [-0.15, -0.1) is 5.10 Å². The fourth-order valence-electron chi connectivity index (χ4n) is 1.51. The van der Waals surface area contributed by atoms with Crippen LogP contribution < -0.4 is 5.73 Å². The van der Waals surface area contributed by atoms with Gasteiger partial charge in [-0.05, 0) is 24.1 Å². The molecule has 2 rings (SSSR count). The van der Waals surface area contributed by atoms with Crippen molar-refractivity contribution in [1.29, 1.82) is 0 Å². The number of aromatic nitrogens is 4. The first-order chi connectivity index (χ1) is 7.27. The third kappa shape index (κ3) is 2.19. The molecule has 0 bridgehead atoms. The maximum absolute atomic E-state index is 6.05. The number of hydrogen-bond donors (Lipinski definition) is 1. The molecule has 2 aromatic rings. The number of rotatable bonds is 3. The van der Waals surface area contributed by atoms with Gasteiger partial charge in [0.05, 0.1) is 17.9 Å². The fraction of sp³-hybridized carbons (Fsp3) is 0.300. The Hall–Kier alpha value is -1.75. The van der Waals surface area contributed by atoms with Crippen LogP contribution in [0, 0.1) is 0 Å². The van der Waals surface area contributed by atoms with E-state index in [1.54, 1.807) is 23.3 Å². The molecule has 0 fully saturated rings. The van der Waals surface area contributed by atoms with Crippen LogP contribution in [-0.2, 0) is 13.5 Å². The second-order valence-corrected chi connectivity index (χ2v) is 3.45. The van der Waals surface area contributed by atoms with Crippen molar-refractivity contribution in [1.82, 2.24) is 20.0 Å². The average Bonchev–Trinajstić information content (AvgIpc) is 2.66. The quantitative estimate of drug-likeness (QED) is 0.786. The molecule has 2 aromatic heterocycles. The first kappa shape index (κ1) is 9.79. The Morgan fingerprint density at radius 3 is 2.73 bits per heavy atom. The van der Waals surface area contributed by atoms with Crippen molar-refractivity contribution in [2.45, 2.75) is 12.5 Å². The van der Waals surface area contributed by atoms with E-state index < -0.39 is 0 Å². The fourth-order valence-corrected chi connectivity index (χ4v) is 1.51. The molecule has 0 aliphatic carbocycles. The molecule has 0 saturated heterocycles. The predicted molar refractivity (Wildman–Crippen MR) is 55.9 cm³/mol. The summed E-state index contributed by atoms with van der Waals surface area (Å²) in [5, 5.41) is 7.66. The van der Waals surface area contributed by atoms with E-state index in [2.05, 4.69) is 15.3 Å². The first-order valence-electron chi connectivity index (χ1n) is 4.76. The van der Waals surface area contributed by atoms with Gasteiger partial charge in [0, 0.05) is 19.4 Å². The number of pyridine rings is 1. The van der Waals surface area contributed by atoms with Crippen LogP contribution in [-0.4, -0.2) is 20.0 Å². The first-order valence-corrected chi connectivity index (χ1v) is 4.76. The Labute approximate surface area is 87.9 Å². The van der Waals surface area contributed by atoms with Crippen LogP contribution in [0.5, 0.6) is 0 Å². The molecule has 0 aliphatic heterocycles. The number of nitrogens with two attached hydrogens (primary N) is 1. The second kappa shape index (κ2) is 4.18. The molecule has 1 unspecified atom stereocenters. The van der Waals surface area contributed by atoms with E-state index in [1.807, 2.05) is 19.2 Å². The van der Waals surface area contributed by atoms with E-state index in [1.165, 1.54) is 5.56 Å². The van der Waals surface area contributed by atoms with Crippen LogP contribution in [0.4, 0.5) is 0 Å². The largest absolute Gasteiger partial charge is 0.322 e. The van der Waals surface area contributed by atoms with Gasteiger partial charge < -0.3 is 5.73 Å². The van der Waals surface area contributed by atoms with E-state index >= 15 is 0 Å². The lowest BCUT2D eigenvalue weighted by Gasteiger charge is -2.10. The molecule has 2 N–H and O–H groups in total. The Morgan fingerprint density at radius 2 is 2.13 bits per heavy atom. The average molecular weight is 203 g/mol. The van der Waals surface area contributed by atoms with Gasteiger partial charge in [0.25, 0.3) is 0 Å². The van der Waals surface area contributed by atoms with E-state index in [9.17, 15) is 0 Å². The molecule has 15 heavy (non-hydrogen) atoms. The maximum atomic E-state index is 6.05. The maximum Gasteiger partial charge on any atom is 0.0754 e. The highest BCUT2D eigenvalue weighted by Crippen LogP contribution is 2.13. The minimum Gasteiger partial charge on any atom is -0.322 e. The van der Waals surface area contributed by atoms with Crippen LogP contribution in [0.3, 0.4) is 0 Å². The zero-order valence-corrected chi connectivity index (χ0v) is 8.54. The molecule has 0 aromatic carbocycles. The normalized spacial score (nSPS) is 12.7. The summed E-state index contributed by atoms with van der Waals surface area (Å²) in [5.41, 5.74) is 8.15. The number of nitrogens with zero attached hydrogens (tertiary/aromatic N) is 4. The Bertz CT molecular complexity index is 422. The molecule has 0 spiro atoms. The summed E-state index contributed by atoms with van der Waals surface area (Å²) in [6, 6.07) is 3.85. The lowest BCUT2D eigenvalue weighted by Crippen LogP contribution is -2.17. The molecule has 0 radical (unpaired) electrons. The van der Waals surface area contributed by atoms with Crippen molar-refractivity contribution in [3.8, 4) is 0 Å². The van der Waals surface area contributed by atoms with Gasteiger partial charge in [-0.1, -0.05) is 5.21 Å². The summed E-state index contributed by atoms with van der Waals surface area (Å²) in [6.45, 7) is 0. The minimum atomic E-state index is -0.0765. The zero-order valence-electron chi connectivity index (χ0n) is 8.54. The molecule has 78 valence electrons. The molecule has 5 nitrogen and oxygen atoms in total. The van der Waals surface area contributed by atoms with E-state index in [0.717, 1.165) is 12.1 Å². The van der Waals surface area contributed by atoms with Gasteiger partial charge in [-0.2, -0.15) is 0 Å². The van der Waals surface area contributed by atoms with E-state index in [0.29, 0.717) is 0 Å². The molecule has 0 amide bonds. The smallest absolute Gasteiger partial charge is 0.0754 e. The predicted octanol–water partition coefficient (Wildman–Crippen LogP) is 0.453. The molecular weight excluding hydrogens is 190 g/mol. The molecule has 0 saturated carbocycles. The molecular formula is C10H13N5. The minimum absolute atomic E-state index is 0.0765. The van der Waals surface area contributed by atoms with Gasteiger partial charge in [0.1, 0.15) is 0 Å². The van der Waals surface area contributed by atoms with Crippen molar-refractivity contribution in [3.05, 3.63) is 42.0 Å². The zero-order chi connectivity index (χ0) is 10.7. The summed E-state index contributed by atoms with van der Waals surface area (Å²) in [7, 11) is 1.84. The monoisotopic (exact) mass is 203 g/mol. The highest BCUT2D eigenvalue weighted by molar-refractivity contribution is 5.14. The summed E-state index contributed by atoms with van der Waals surface area (Å²) in [4.78, 5) is 3.96. The number of hydrogen-bond acceptors (Lipinski definition) is 4. The lowest BCUT2D eigenvalue weighted by molar-refractivity contribution is 0.606. The van der Waals surface area contributed by atoms with Crippen molar-refractivity contribution in [2.24, 2.45) is 12.8 Å². The highest BCUT2D eigenvalue weighted by Gasteiger charge is 2.11. The molecule has 2 heterocycles. The van der Waals surface area contributed by atoms with E-state index in [4.69, 9.17) is 5.73 Å². The van der Waals surface area contributed by atoms with Crippen LogP contribution in [0.15, 0.2) is 30.7 Å².